The maximum absolute atomic E-state index is 13.6. The Morgan fingerprint density at radius 3 is 2.08 bits per heavy atom. The zero-order valence-electron chi connectivity index (χ0n) is 35.3. The summed E-state index contributed by atoms with van der Waals surface area (Å²) in [5.74, 6) is -0.479. The van der Waals surface area contributed by atoms with Gasteiger partial charge in [0.15, 0.2) is 0 Å². The van der Waals surface area contributed by atoms with Crippen molar-refractivity contribution in [3.63, 3.8) is 0 Å². The van der Waals surface area contributed by atoms with Gasteiger partial charge in [-0.3, -0.25) is 28.5 Å². The van der Waals surface area contributed by atoms with Crippen LogP contribution < -0.4 is 26.0 Å². The monoisotopic (exact) mass is 859 g/mol. The molecule has 4 atom stereocenters. The minimum atomic E-state index is -1.21. The van der Waals surface area contributed by atoms with Crippen LogP contribution in [0.2, 0.25) is 0 Å². The minimum Gasteiger partial charge on any atom is -0.497 e. The van der Waals surface area contributed by atoms with E-state index in [0.717, 1.165) is 38.4 Å². The number of fused-ring (bicyclic) bond motifs is 1. The van der Waals surface area contributed by atoms with Crippen LogP contribution in [0.15, 0.2) is 149 Å². The molecular weight excluding hydrogens is 815 g/mol. The number of nitrogens with zero attached hydrogens (tertiary/aromatic N) is 3. The molecule has 324 valence electrons. The number of aliphatic hydroxyl groups is 1. The quantitative estimate of drug-likeness (QED) is 0.111. The number of benzene rings is 5. The Bertz CT molecular complexity index is 2920. The van der Waals surface area contributed by atoms with Crippen molar-refractivity contribution in [3.05, 3.63) is 200 Å². The molecule has 64 heavy (non-hydrogen) atoms. The number of hydrogen-bond donors (Lipinski definition) is 3. The summed E-state index contributed by atoms with van der Waals surface area (Å²) >= 11 is 0. The van der Waals surface area contributed by atoms with E-state index in [1.807, 2.05) is 91.0 Å². The average molecular weight is 860 g/mol. The molecule has 0 saturated carbocycles. The normalized spacial score (nSPS) is 17.2. The van der Waals surface area contributed by atoms with Gasteiger partial charge in [-0.05, 0) is 71.1 Å². The Hall–Kier alpha value is -7.57. The lowest BCUT2D eigenvalue weighted by atomic mass is 9.80. The van der Waals surface area contributed by atoms with Gasteiger partial charge < -0.3 is 29.4 Å². The molecule has 1 amide bonds. The maximum Gasteiger partial charge on any atom is 0.330 e. The zero-order valence-corrected chi connectivity index (χ0v) is 35.3. The molecule has 1 aliphatic heterocycles. The van der Waals surface area contributed by atoms with Gasteiger partial charge in [0.05, 0.1) is 49.6 Å². The Morgan fingerprint density at radius 1 is 0.812 bits per heavy atom. The van der Waals surface area contributed by atoms with E-state index in [9.17, 15) is 29.5 Å². The predicted molar refractivity (Wildman–Crippen MR) is 238 cm³/mol. The molecule has 8 rings (SSSR count). The zero-order chi connectivity index (χ0) is 45.0. The summed E-state index contributed by atoms with van der Waals surface area (Å²) in [5.41, 5.74) is 0.981. The van der Waals surface area contributed by atoms with Gasteiger partial charge in [-0.25, -0.2) is 4.79 Å². The number of rotatable bonds is 14. The van der Waals surface area contributed by atoms with E-state index in [4.69, 9.17) is 18.9 Å². The SMILES string of the molecule is COc1ccc(C(OC[C@H]2O[C@@H](n3cc(C(=O)NCCc4cn(C(=O)c5ccccc5C#N)c5ccccc45)c(=O)[nH]c3=O)[C@@H](C)C2O)(c2ccccc2)c2ccc(OC)cc2)cc1. The summed E-state index contributed by atoms with van der Waals surface area (Å²) in [7, 11) is 3.18. The van der Waals surface area contributed by atoms with Gasteiger partial charge in [0, 0.05) is 30.2 Å². The fourth-order valence-corrected chi connectivity index (χ4v) is 8.39. The molecule has 0 aliphatic carbocycles. The lowest BCUT2D eigenvalue weighted by molar-refractivity contribution is -0.0948. The summed E-state index contributed by atoms with van der Waals surface area (Å²) in [6.07, 6.45) is -0.0295. The van der Waals surface area contributed by atoms with Crippen molar-refractivity contribution in [1.29, 1.82) is 5.26 Å². The first-order valence-corrected chi connectivity index (χ1v) is 20.7. The van der Waals surface area contributed by atoms with Crippen molar-refractivity contribution in [2.75, 3.05) is 27.4 Å². The number of methoxy groups -OCH3 is 2. The van der Waals surface area contributed by atoms with E-state index in [1.165, 1.54) is 4.57 Å². The van der Waals surface area contributed by atoms with Crippen LogP contribution >= 0.6 is 0 Å². The van der Waals surface area contributed by atoms with Crippen LogP contribution in [0.5, 0.6) is 11.5 Å². The molecule has 1 fully saturated rings. The number of carbonyl (C=O) groups is 2. The molecular formula is C50H45N5O9. The summed E-state index contributed by atoms with van der Waals surface area (Å²) < 4.78 is 26.9. The summed E-state index contributed by atoms with van der Waals surface area (Å²) in [4.78, 5) is 56.0. The molecule has 1 unspecified atom stereocenters. The molecule has 5 aromatic carbocycles. The molecule has 0 spiro atoms. The Kier molecular flexibility index (Phi) is 12.4. The van der Waals surface area contributed by atoms with E-state index in [1.54, 1.807) is 63.7 Å². The highest BCUT2D eigenvalue weighted by Crippen LogP contribution is 2.43. The number of H-pyrrole nitrogens is 1. The van der Waals surface area contributed by atoms with Gasteiger partial charge in [-0.2, -0.15) is 5.26 Å². The van der Waals surface area contributed by atoms with Gasteiger partial charge in [-0.1, -0.05) is 91.9 Å². The van der Waals surface area contributed by atoms with Crippen molar-refractivity contribution in [1.82, 2.24) is 19.4 Å². The molecule has 1 aliphatic rings. The molecule has 0 bridgehead atoms. The maximum atomic E-state index is 13.6. The van der Waals surface area contributed by atoms with Crippen molar-refractivity contribution in [2.45, 2.75) is 37.4 Å². The van der Waals surface area contributed by atoms with Crippen molar-refractivity contribution >= 4 is 22.7 Å². The number of amides is 1. The number of aromatic amines is 1. The highest BCUT2D eigenvalue weighted by atomic mass is 16.6. The van der Waals surface area contributed by atoms with Gasteiger partial charge in [-0.15, -0.1) is 0 Å². The number of aliphatic hydroxyl groups excluding tert-OH is 1. The first-order chi connectivity index (χ1) is 31.1. The van der Waals surface area contributed by atoms with Crippen LogP contribution in [0.3, 0.4) is 0 Å². The smallest absolute Gasteiger partial charge is 0.330 e. The molecule has 14 nitrogen and oxygen atoms in total. The molecule has 3 N–H and O–H groups in total. The number of aromatic nitrogens is 3. The summed E-state index contributed by atoms with van der Waals surface area (Å²) in [6.45, 7) is 1.66. The van der Waals surface area contributed by atoms with Gasteiger partial charge in [0.25, 0.3) is 17.4 Å². The predicted octanol–water partition coefficient (Wildman–Crippen LogP) is 5.94. The second-order valence-corrected chi connectivity index (χ2v) is 15.4. The number of nitriles is 1. The second kappa shape index (κ2) is 18.4. The Morgan fingerprint density at radius 2 is 1.42 bits per heavy atom. The number of para-hydroxylation sites is 1. The van der Waals surface area contributed by atoms with Crippen LogP contribution in [0.4, 0.5) is 0 Å². The van der Waals surface area contributed by atoms with Gasteiger partial charge in [0.1, 0.15) is 35.0 Å². The highest BCUT2D eigenvalue weighted by Gasteiger charge is 2.45. The van der Waals surface area contributed by atoms with E-state index in [2.05, 4.69) is 16.4 Å². The lowest BCUT2D eigenvalue weighted by Crippen LogP contribution is -2.39. The number of ether oxygens (including phenoxy) is 4. The molecule has 3 heterocycles. The molecule has 14 heteroatoms. The minimum absolute atomic E-state index is 0.0778. The number of carbonyl (C=O) groups excluding carboxylic acids is 2. The molecule has 7 aromatic rings. The fraction of sp³-hybridized carbons (Fsp3) is 0.220. The van der Waals surface area contributed by atoms with Crippen molar-refractivity contribution in [2.24, 2.45) is 5.92 Å². The van der Waals surface area contributed by atoms with Gasteiger partial charge in [0.2, 0.25) is 0 Å². The molecule has 2 aromatic heterocycles. The number of hydrogen-bond acceptors (Lipinski definition) is 10. The third-order valence-electron chi connectivity index (χ3n) is 11.8. The van der Waals surface area contributed by atoms with Crippen LogP contribution in [0.25, 0.3) is 10.9 Å². The van der Waals surface area contributed by atoms with E-state index in [-0.39, 0.29) is 42.2 Å². The molecule has 1 saturated heterocycles. The van der Waals surface area contributed by atoms with E-state index >= 15 is 0 Å². The summed E-state index contributed by atoms with van der Waals surface area (Å²) in [5, 5.41) is 24.8. The number of nitrogens with one attached hydrogen (secondary N) is 2. The largest absolute Gasteiger partial charge is 0.497 e. The van der Waals surface area contributed by atoms with E-state index < -0.39 is 47.1 Å². The topological polar surface area (TPSA) is 187 Å². The van der Waals surface area contributed by atoms with Crippen LogP contribution in [0.1, 0.15) is 61.7 Å². The van der Waals surface area contributed by atoms with Crippen LogP contribution in [0, 0.1) is 17.2 Å². The Balaban J connectivity index is 1.02. The average Bonchev–Trinajstić information content (AvgIpc) is 3.84. The Labute approximate surface area is 367 Å². The van der Waals surface area contributed by atoms with Crippen molar-refractivity contribution < 1.29 is 33.6 Å². The molecule has 0 radical (unpaired) electrons. The fourth-order valence-electron chi connectivity index (χ4n) is 8.39. The summed E-state index contributed by atoms with van der Waals surface area (Å²) in [6, 6.07) is 40.6. The van der Waals surface area contributed by atoms with Gasteiger partial charge >= 0.3 is 5.69 Å². The first kappa shape index (κ1) is 43.1. The van der Waals surface area contributed by atoms with Crippen LogP contribution in [-0.2, 0) is 21.5 Å². The first-order valence-electron chi connectivity index (χ1n) is 20.7. The third-order valence-corrected chi connectivity index (χ3v) is 11.8. The third kappa shape index (κ3) is 8.11. The standard InChI is InChI=1S/C50H45N5O9/c1-31-44(56)43(30-63-50(34-12-5-4-6-13-34,35-17-21-37(61-2)22-18-35)36-19-23-38(62-3)24-20-36)64-48(31)55-29-41(46(58)53-49(55)60)45(57)52-26-25-33-28-54(42-16-10-9-14-39(33)42)47(59)40-15-8-7-11-32(40)27-51/h4-24,28-29,31,43-44,48,56H,25-26,30H2,1-3H3,(H,52,57)(H,53,58,60)/t31-,43+,44?,48+/m0/s1. The van der Waals surface area contributed by atoms with E-state index in [0.29, 0.717) is 17.0 Å². The van der Waals surface area contributed by atoms with Crippen molar-refractivity contribution in [3.8, 4) is 17.6 Å². The van der Waals surface area contributed by atoms with Crippen LogP contribution in [-0.4, -0.2) is 70.6 Å². The highest BCUT2D eigenvalue weighted by molar-refractivity contribution is 6.04. The lowest BCUT2D eigenvalue weighted by Gasteiger charge is -2.37. The second-order valence-electron chi connectivity index (χ2n) is 15.4.